The minimum atomic E-state index is -0.529. The first-order valence-electron chi connectivity index (χ1n) is 8.06. The van der Waals surface area contributed by atoms with Gasteiger partial charge in [0.1, 0.15) is 5.69 Å². The standard InChI is InChI=1S/C16H23FN6O2/c1-2-25-14(24)10-6-8-23(9-7-10)12-5-3-4-11(17)13(12)21-16(20)22-15(18)19/h3-5,10H,2,6-9H2,1H3,(H6,18,19,20,21,22). The fourth-order valence-corrected chi connectivity index (χ4v) is 2.76. The number of carbonyl (C=O) groups is 1. The Balaban J connectivity index is 2.20. The fourth-order valence-electron chi connectivity index (χ4n) is 2.76. The lowest BCUT2D eigenvalue weighted by Crippen LogP contribution is -2.37. The maximum atomic E-state index is 14.2. The highest BCUT2D eigenvalue weighted by Gasteiger charge is 2.27. The van der Waals surface area contributed by atoms with E-state index in [0.29, 0.717) is 38.2 Å². The maximum absolute atomic E-state index is 14.2. The number of halogens is 1. The summed E-state index contributed by atoms with van der Waals surface area (Å²) in [6, 6.07) is 4.63. The first-order chi connectivity index (χ1) is 11.9. The van der Waals surface area contributed by atoms with Gasteiger partial charge in [-0.25, -0.2) is 9.38 Å². The Morgan fingerprint density at radius 3 is 2.60 bits per heavy atom. The number of hydrogen-bond donors (Lipinski definition) is 3. The summed E-state index contributed by atoms with van der Waals surface area (Å²) in [7, 11) is 0. The second-order valence-electron chi connectivity index (χ2n) is 5.63. The maximum Gasteiger partial charge on any atom is 0.309 e. The lowest BCUT2D eigenvalue weighted by atomic mass is 9.96. The Hall–Kier alpha value is -2.84. The van der Waals surface area contributed by atoms with Crippen LogP contribution in [0, 0.1) is 11.7 Å². The molecule has 9 heteroatoms. The molecule has 1 aliphatic heterocycles. The van der Waals surface area contributed by atoms with Crippen LogP contribution in [0.5, 0.6) is 0 Å². The van der Waals surface area contributed by atoms with Gasteiger partial charge in [-0.05, 0) is 31.9 Å². The van der Waals surface area contributed by atoms with Crippen molar-refractivity contribution < 1.29 is 13.9 Å². The summed E-state index contributed by atoms with van der Waals surface area (Å²) < 4.78 is 19.3. The van der Waals surface area contributed by atoms with Crippen molar-refractivity contribution in [3.8, 4) is 0 Å². The lowest BCUT2D eigenvalue weighted by molar-refractivity contribution is -0.148. The van der Waals surface area contributed by atoms with E-state index in [-0.39, 0.29) is 29.5 Å². The van der Waals surface area contributed by atoms with Crippen molar-refractivity contribution in [1.82, 2.24) is 0 Å². The van der Waals surface area contributed by atoms with Crippen LogP contribution in [0.1, 0.15) is 19.8 Å². The Morgan fingerprint density at radius 1 is 1.32 bits per heavy atom. The summed E-state index contributed by atoms with van der Waals surface area (Å²) in [6.07, 6.45) is 1.25. The van der Waals surface area contributed by atoms with E-state index in [2.05, 4.69) is 9.98 Å². The second kappa shape index (κ2) is 8.32. The van der Waals surface area contributed by atoms with Crippen molar-refractivity contribution in [1.29, 1.82) is 0 Å². The fraction of sp³-hybridized carbons (Fsp3) is 0.438. The number of ether oxygens (including phenoxy) is 1. The van der Waals surface area contributed by atoms with Gasteiger partial charge in [-0.15, -0.1) is 0 Å². The summed E-state index contributed by atoms with van der Waals surface area (Å²) >= 11 is 0. The first kappa shape index (κ1) is 18.5. The Kier molecular flexibility index (Phi) is 6.15. The molecule has 0 saturated carbocycles. The van der Waals surface area contributed by atoms with E-state index in [1.807, 2.05) is 4.90 Å². The molecule has 1 aromatic carbocycles. The summed E-state index contributed by atoms with van der Waals surface area (Å²) in [5.74, 6) is -1.33. The van der Waals surface area contributed by atoms with Gasteiger partial charge in [-0.1, -0.05) is 6.07 Å². The van der Waals surface area contributed by atoms with Crippen molar-refractivity contribution in [2.45, 2.75) is 19.8 Å². The SMILES string of the molecule is CCOC(=O)C1CCN(c2cccc(F)c2N=C(N)N=C(N)N)CC1. The average Bonchev–Trinajstić information content (AvgIpc) is 2.56. The molecule has 2 rings (SSSR count). The van der Waals surface area contributed by atoms with Crippen LogP contribution in [-0.4, -0.2) is 37.6 Å². The van der Waals surface area contributed by atoms with Crippen molar-refractivity contribution in [3.05, 3.63) is 24.0 Å². The number of rotatable bonds is 4. The number of anilines is 1. The van der Waals surface area contributed by atoms with E-state index in [1.165, 1.54) is 6.07 Å². The Labute approximate surface area is 145 Å². The highest BCUT2D eigenvalue weighted by molar-refractivity contribution is 5.94. The molecule has 0 bridgehead atoms. The van der Waals surface area contributed by atoms with Crippen molar-refractivity contribution in [2.24, 2.45) is 33.1 Å². The molecule has 136 valence electrons. The normalized spacial score (nSPS) is 15.8. The number of nitrogens with two attached hydrogens (primary N) is 3. The number of para-hydroxylation sites is 1. The zero-order chi connectivity index (χ0) is 18.4. The number of hydrogen-bond acceptors (Lipinski definition) is 4. The summed E-state index contributed by atoms with van der Waals surface area (Å²) in [6.45, 7) is 3.31. The van der Waals surface area contributed by atoms with Crippen LogP contribution in [0.4, 0.5) is 15.8 Å². The van der Waals surface area contributed by atoms with E-state index >= 15 is 0 Å². The van der Waals surface area contributed by atoms with Crippen LogP contribution < -0.4 is 22.1 Å². The zero-order valence-electron chi connectivity index (χ0n) is 14.1. The number of benzene rings is 1. The second-order valence-corrected chi connectivity index (χ2v) is 5.63. The molecule has 0 unspecified atom stereocenters. The number of esters is 1. The topological polar surface area (TPSA) is 132 Å². The summed E-state index contributed by atoms with van der Waals surface area (Å²) in [5.41, 5.74) is 16.8. The molecule has 6 N–H and O–H groups in total. The minimum Gasteiger partial charge on any atom is -0.466 e. The lowest BCUT2D eigenvalue weighted by Gasteiger charge is -2.33. The molecule has 0 spiro atoms. The number of guanidine groups is 2. The van der Waals surface area contributed by atoms with Crippen molar-refractivity contribution >= 4 is 29.3 Å². The third kappa shape index (κ3) is 4.82. The molecular formula is C16H23FN6O2. The van der Waals surface area contributed by atoms with Gasteiger partial charge in [-0.2, -0.15) is 4.99 Å². The van der Waals surface area contributed by atoms with E-state index in [1.54, 1.807) is 19.1 Å². The predicted molar refractivity (Wildman–Crippen MR) is 95.1 cm³/mol. The quantitative estimate of drug-likeness (QED) is 0.418. The minimum absolute atomic E-state index is 0.0691. The van der Waals surface area contributed by atoms with Gasteiger partial charge >= 0.3 is 5.97 Å². The summed E-state index contributed by atoms with van der Waals surface area (Å²) in [5, 5.41) is 0. The largest absolute Gasteiger partial charge is 0.466 e. The van der Waals surface area contributed by atoms with E-state index in [9.17, 15) is 9.18 Å². The van der Waals surface area contributed by atoms with E-state index in [4.69, 9.17) is 21.9 Å². The molecule has 0 radical (unpaired) electrons. The monoisotopic (exact) mass is 350 g/mol. The van der Waals surface area contributed by atoms with Gasteiger partial charge in [-0.3, -0.25) is 4.79 Å². The predicted octanol–water partition coefficient (Wildman–Crippen LogP) is 0.825. The molecule has 0 aromatic heterocycles. The molecule has 8 nitrogen and oxygen atoms in total. The van der Waals surface area contributed by atoms with Gasteiger partial charge < -0.3 is 26.8 Å². The smallest absolute Gasteiger partial charge is 0.309 e. The van der Waals surface area contributed by atoms with Crippen LogP contribution >= 0.6 is 0 Å². The molecule has 1 aliphatic rings. The van der Waals surface area contributed by atoms with Gasteiger partial charge in [0.15, 0.2) is 11.8 Å². The van der Waals surface area contributed by atoms with Crippen molar-refractivity contribution in [2.75, 3.05) is 24.6 Å². The van der Waals surface area contributed by atoms with E-state index in [0.717, 1.165) is 0 Å². The number of carbonyl (C=O) groups excluding carboxylic acids is 1. The Bertz CT molecular complexity index is 679. The molecule has 1 fully saturated rings. The number of piperidine rings is 1. The third-order valence-electron chi connectivity index (χ3n) is 3.89. The highest BCUT2D eigenvalue weighted by Crippen LogP contribution is 2.34. The first-order valence-corrected chi connectivity index (χ1v) is 8.06. The molecule has 0 atom stereocenters. The van der Waals surface area contributed by atoms with Crippen LogP contribution in [-0.2, 0) is 9.53 Å². The Morgan fingerprint density at radius 2 is 2.00 bits per heavy atom. The summed E-state index contributed by atoms with van der Waals surface area (Å²) in [4.78, 5) is 21.4. The molecule has 1 aromatic rings. The van der Waals surface area contributed by atoms with Gasteiger partial charge in [0.2, 0.25) is 5.96 Å². The van der Waals surface area contributed by atoms with Crippen LogP contribution in [0.3, 0.4) is 0 Å². The third-order valence-corrected chi connectivity index (χ3v) is 3.89. The number of aliphatic imine (C=N–C) groups is 2. The molecular weight excluding hydrogens is 327 g/mol. The molecule has 1 heterocycles. The van der Waals surface area contributed by atoms with Crippen LogP contribution in [0.15, 0.2) is 28.2 Å². The average molecular weight is 350 g/mol. The van der Waals surface area contributed by atoms with Crippen LogP contribution in [0.2, 0.25) is 0 Å². The highest BCUT2D eigenvalue weighted by atomic mass is 19.1. The molecule has 0 aliphatic carbocycles. The molecule has 25 heavy (non-hydrogen) atoms. The van der Waals surface area contributed by atoms with Crippen LogP contribution in [0.25, 0.3) is 0 Å². The number of nitrogens with zero attached hydrogens (tertiary/aromatic N) is 3. The van der Waals surface area contributed by atoms with Gasteiger partial charge in [0.25, 0.3) is 0 Å². The zero-order valence-corrected chi connectivity index (χ0v) is 14.1. The van der Waals surface area contributed by atoms with Crippen molar-refractivity contribution in [3.63, 3.8) is 0 Å². The molecule has 0 amide bonds. The molecule has 1 saturated heterocycles. The van der Waals surface area contributed by atoms with Gasteiger partial charge in [0, 0.05) is 13.1 Å². The van der Waals surface area contributed by atoms with E-state index < -0.39 is 5.82 Å². The van der Waals surface area contributed by atoms with Gasteiger partial charge in [0.05, 0.1) is 18.2 Å².